The van der Waals surface area contributed by atoms with Crippen LogP contribution in [-0.4, -0.2) is 9.97 Å². The molecule has 56 heavy (non-hydrogen) atoms. The lowest BCUT2D eigenvalue weighted by molar-refractivity contribution is 0.668. The van der Waals surface area contributed by atoms with Crippen LogP contribution in [0.1, 0.15) is 0 Å². The number of para-hydroxylation sites is 2. The lowest BCUT2D eigenvalue weighted by atomic mass is 9.96. The van der Waals surface area contributed by atoms with E-state index in [0.29, 0.717) is 5.82 Å². The van der Waals surface area contributed by atoms with Gasteiger partial charge in [-0.2, -0.15) is 0 Å². The molecule has 0 atom stereocenters. The molecular weight excluding hydrogens is 685 g/mol. The molecule has 0 aliphatic heterocycles. The van der Waals surface area contributed by atoms with Crippen LogP contribution in [0.3, 0.4) is 0 Å². The molecular formula is C52H32N2O2. The monoisotopic (exact) mass is 716 g/mol. The molecule has 3 heterocycles. The zero-order chi connectivity index (χ0) is 37.0. The third kappa shape index (κ3) is 5.55. The zero-order valence-corrected chi connectivity index (χ0v) is 30.2. The summed E-state index contributed by atoms with van der Waals surface area (Å²) < 4.78 is 12.2. The Morgan fingerprint density at radius 1 is 0.286 bits per heavy atom. The number of fused-ring (bicyclic) bond motifs is 6. The molecule has 0 saturated carbocycles. The topological polar surface area (TPSA) is 52.1 Å². The van der Waals surface area contributed by atoms with Crippen LogP contribution in [0, 0.1) is 0 Å². The quantitative estimate of drug-likeness (QED) is 0.172. The highest BCUT2D eigenvalue weighted by Gasteiger charge is 2.14. The highest BCUT2D eigenvalue weighted by Crippen LogP contribution is 2.38. The van der Waals surface area contributed by atoms with Gasteiger partial charge in [-0.25, -0.2) is 9.97 Å². The van der Waals surface area contributed by atoms with Crippen molar-refractivity contribution < 1.29 is 8.83 Å². The van der Waals surface area contributed by atoms with Crippen molar-refractivity contribution in [3.05, 3.63) is 194 Å². The van der Waals surface area contributed by atoms with E-state index in [0.717, 1.165) is 99.8 Å². The zero-order valence-electron chi connectivity index (χ0n) is 30.2. The highest BCUT2D eigenvalue weighted by molar-refractivity contribution is 6.12. The Morgan fingerprint density at radius 3 is 1.45 bits per heavy atom. The van der Waals surface area contributed by atoms with Crippen molar-refractivity contribution in [2.75, 3.05) is 0 Å². The lowest BCUT2D eigenvalue weighted by Crippen LogP contribution is -1.96. The van der Waals surface area contributed by atoms with Gasteiger partial charge >= 0.3 is 0 Å². The molecule has 4 nitrogen and oxygen atoms in total. The molecule has 0 saturated heterocycles. The standard InChI is InChI=1S/C52H32N2O2/c1-2-9-39(10-3-1)52-53-45(32-46(54-52)38-27-21-35(22-28-38)40-29-30-49-44(31-40)42-11-4-6-14-47(42)55-49)37-25-19-34(20-26-37)33-17-23-36(24-18-33)41-13-8-16-50-51(41)43-12-5-7-15-48(43)56-50/h1-32H. The van der Waals surface area contributed by atoms with E-state index in [1.54, 1.807) is 0 Å². The summed E-state index contributed by atoms with van der Waals surface area (Å²) in [7, 11) is 0. The summed E-state index contributed by atoms with van der Waals surface area (Å²) >= 11 is 0. The van der Waals surface area contributed by atoms with Gasteiger partial charge in [0.05, 0.1) is 11.4 Å². The van der Waals surface area contributed by atoms with Gasteiger partial charge in [0.1, 0.15) is 22.3 Å². The third-order valence-electron chi connectivity index (χ3n) is 10.8. The smallest absolute Gasteiger partial charge is 0.160 e. The van der Waals surface area contributed by atoms with Crippen LogP contribution in [0.4, 0.5) is 0 Å². The molecule has 262 valence electrons. The Morgan fingerprint density at radius 2 is 0.768 bits per heavy atom. The van der Waals surface area contributed by atoms with Gasteiger partial charge in [-0.15, -0.1) is 0 Å². The van der Waals surface area contributed by atoms with E-state index < -0.39 is 0 Å². The van der Waals surface area contributed by atoms with E-state index >= 15 is 0 Å². The van der Waals surface area contributed by atoms with E-state index in [-0.39, 0.29) is 0 Å². The van der Waals surface area contributed by atoms with Crippen LogP contribution >= 0.6 is 0 Å². The number of benzene rings is 8. The highest BCUT2D eigenvalue weighted by atomic mass is 16.3. The predicted octanol–water partition coefficient (Wildman–Crippen LogP) is 14.3. The van der Waals surface area contributed by atoms with Crippen LogP contribution in [-0.2, 0) is 0 Å². The molecule has 0 aliphatic rings. The minimum atomic E-state index is 0.694. The molecule has 8 aromatic carbocycles. The van der Waals surface area contributed by atoms with E-state index in [4.69, 9.17) is 18.8 Å². The summed E-state index contributed by atoms with van der Waals surface area (Å²) in [6, 6.07) is 67.5. The van der Waals surface area contributed by atoms with Gasteiger partial charge in [-0.3, -0.25) is 0 Å². The first-order valence-electron chi connectivity index (χ1n) is 18.8. The molecule has 0 fully saturated rings. The van der Waals surface area contributed by atoms with Gasteiger partial charge in [0, 0.05) is 38.2 Å². The SMILES string of the molecule is c1ccc(-c2nc(-c3ccc(-c4ccc(-c5cccc6oc7ccccc7c56)cc4)cc3)cc(-c3ccc(-c4ccc5oc6ccccc6c5c4)cc3)n2)cc1. The summed E-state index contributed by atoms with van der Waals surface area (Å²) in [5.74, 6) is 0.694. The van der Waals surface area contributed by atoms with Gasteiger partial charge in [0.25, 0.3) is 0 Å². The molecule has 11 aromatic rings. The van der Waals surface area contributed by atoms with Crippen LogP contribution < -0.4 is 0 Å². The van der Waals surface area contributed by atoms with E-state index in [2.05, 4.69) is 146 Å². The average molecular weight is 717 g/mol. The fourth-order valence-electron chi connectivity index (χ4n) is 7.89. The first-order valence-corrected chi connectivity index (χ1v) is 18.8. The number of aromatic nitrogens is 2. The van der Waals surface area contributed by atoms with E-state index in [1.165, 1.54) is 5.56 Å². The number of hydrogen-bond acceptors (Lipinski definition) is 4. The third-order valence-corrected chi connectivity index (χ3v) is 10.8. The number of nitrogens with zero attached hydrogens (tertiary/aromatic N) is 2. The molecule has 4 heteroatoms. The number of hydrogen-bond donors (Lipinski definition) is 0. The summed E-state index contributed by atoms with van der Waals surface area (Å²) in [5, 5.41) is 4.53. The van der Waals surface area contributed by atoms with Crippen molar-refractivity contribution in [2.45, 2.75) is 0 Å². The second kappa shape index (κ2) is 13.1. The summed E-state index contributed by atoms with van der Waals surface area (Å²) in [4.78, 5) is 10.1. The van der Waals surface area contributed by atoms with Gasteiger partial charge in [0.15, 0.2) is 5.82 Å². The molecule has 0 unspecified atom stereocenters. The van der Waals surface area contributed by atoms with E-state index in [1.807, 2.05) is 48.5 Å². The van der Waals surface area contributed by atoms with Crippen molar-refractivity contribution in [3.63, 3.8) is 0 Å². The fourth-order valence-corrected chi connectivity index (χ4v) is 7.89. The van der Waals surface area contributed by atoms with Crippen molar-refractivity contribution in [3.8, 4) is 67.3 Å². The van der Waals surface area contributed by atoms with Gasteiger partial charge in [0.2, 0.25) is 0 Å². The summed E-state index contributed by atoms with van der Waals surface area (Å²) in [6.07, 6.45) is 0. The maximum atomic E-state index is 6.15. The molecule has 3 aromatic heterocycles. The van der Waals surface area contributed by atoms with Gasteiger partial charge in [-0.1, -0.05) is 158 Å². The largest absolute Gasteiger partial charge is 0.456 e. The lowest BCUT2D eigenvalue weighted by Gasteiger charge is -2.11. The average Bonchev–Trinajstić information content (AvgIpc) is 3.85. The minimum absolute atomic E-state index is 0.694. The predicted molar refractivity (Wildman–Crippen MR) is 229 cm³/mol. The summed E-state index contributed by atoms with van der Waals surface area (Å²) in [5.41, 5.74) is 15.3. The molecule has 11 rings (SSSR count). The Bertz CT molecular complexity index is 3210. The molecule has 0 N–H and O–H groups in total. The van der Waals surface area contributed by atoms with Crippen LogP contribution in [0.25, 0.3) is 111 Å². The van der Waals surface area contributed by atoms with Gasteiger partial charge < -0.3 is 8.83 Å². The maximum absolute atomic E-state index is 6.15. The molecule has 0 aliphatic carbocycles. The van der Waals surface area contributed by atoms with Gasteiger partial charge in [-0.05, 0) is 69.8 Å². The van der Waals surface area contributed by atoms with Crippen LogP contribution in [0.2, 0.25) is 0 Å². The first kappa shape index (κ1) is 31.9. The van der Waals surface area contributed by atoms with Crippen LogP contribution in [0.5, 0.6) is 0 Å². The molecule has 0 amide bonds. The molecule has 0 spiro atoms. The molecule has 0 bridgehead atoms. The Kier molecular flexibility index (Phi) is 7.46. The second-order valence-corrected chi connectivity index (χ2v) is 14.1. The van der Waals surface area contributed by atoms with Crippen molar-refractivity contribution in [1.82, 2.24) is 9.97 Å². The number of rotatable bonds is 6. The Labute approximate surface area is 323 Å². The van der Waals surface area contributed by atoms with Crippen molar-refractivity contribution in [2.24, 2.45) is 0 Å². The maximum Gasteiger partial charge on any atom is 0.160 e. The minimum Gasteiger partial charge on any atom is -0.456 e. The first-order chi connectivity index (χ1) is 27.7. The normalized spacial score (nSPS) is 11.6. The second-order valence-electron chi connectivity index (χ2n) is 14.1. The van der Waals surface area contributed by atoms with Crippen LogP contribution in [0.15, 0.2) is 203 Å². The molecule has 0 radical (unpaired) electrons. The summed E-state index contributed by atoms with van der Waals surface area (Å²) in [6.45, 7) is 0. The van der Waals surface area contributed by atoms with Crippen molar-refractivity contribution >= 4 is 43.9 Å². The van der Waals surface area contributed by atoms with Crippen molar-refractivity contribution in [1.29, 1.82) is 0 Å². The Hall–Kier alpha value is -7.56. The van der Waals surface area contributed by atoms with E-state index in [9.17, 15) is 0 Å². The number of furan rings is 2. The Balaban J connectivity index is 0.911. The fraction of sp³-hybridized carbons (Fsp3) is 0.